The maximum atomic E-state index is 6.40. The maximum absolute atomic E-state index is 6.40. The number of hydrogen-bond donors (Lipinski definition) is 0. The number of pyridine rings is 1. The molecule has 4 aromatic rings. The van der Waals surface area contributed by atoms with E-state index in [9.17, 15) is 0 Å². The molecular formula is C27H29N3O. The lowest BCUT2D eigenvalue weighted by Crippen LogP contribution is -2.15. The fraction of sp³-hybridized carbons (Fsp3) is 0.296. The van der Waals surface area contributed by atoms with Gasteiger partial charge in [-0.2, -0.15) is 0 Å². The molecule has 0 saturated carbocycles. The second kappa shape index (κ2) is 8.46. The summed E-state index contributed by atoms with van der Waals surface area (Å²) in [5, 5.41) is 1.14. The number of para-hydroxylation sites is 1. The molecule has 0 N–H and O–H groups in total. The molecule has 4 nitrogen and oxygen atoms in total. The van der Waals surface area contributed by atoms with E-state index in [1.165, 1.54) is 11.1 Å². The fourth-order valence-electron chi connectivity index (χ4n) is 3.83. The van der Waals surface area contributed by atoms with Gasteiger partial charge >= 0.3 is 6.01 Å². The molecule has 0 fully saturated rings. The Morgan fingerprint density at radius 1 is 0.871 bits per heavy atom. The zero-order chi connectivity index (χ0) is 22.0. The lowest BCUT2D eigenvalue weighted by molar-refractivity contribution is 0.187. The average molecular weight is 412 g/mol. The Kier molecular flexibility index (Phi) is 5.73. The van der Waals surface area contributed by atoms with Crippen LogP contribution in [0.3, 0.4) is 0 Å². The van der Waals surface area contributed by atoms with E-state index < -0.39 is 0 Å². The molecule has 2 aromatic carbocycles. The molecule has 4 heteroatoms. The van der Waals surface area contributed by atoms with Crippen molar-refractivity contribution in [1.29, 1.82) is 0 Å². The van der Waals surface area contributed by atoms with Crippen LogP contribution in [0.4, 0.5) is 0 Å². The van der Waals surface area contributed by atoms with E-state index in [4.69, 9.17) is 4.74 Å². The Labute approximate surface area is 184 Å². The number of ether oxygens (including phenoxy) is 1. The van der Waals surface area contributed by atoms with Gasteiger partial charge in [0.2, 0.25) is 0 Å². The van der Waals surface area contributed by atoms with Crippen molar-refractivity contribution in [3.63, 3.8) is 0 Å². The normalized spacial score (nSPS) is 12.7. The van der Waals surface area contributed by atoms with Crippen molar-refractivity contribution >= 4 is 10.9 Å². The van der Waals surface area contributed by atoms with Gasteiger partial charge in [-0.1, -0.05) is 63.2 Å². The quantitative estimate of drug-likeness (QED) is 0.386. The predicted octanol–water partition coefficient (Wildman–Crippen LogP) is 6.30. The molecule has 0 saturated heterocycles. The largest absolute Gasteiger partial charge is 0.455 e. The summed E-state index contributed by atoms with van der Waals surface area (Å²) in [5.74, 6) is 0. The van der Waals surface area contributed by atoms with Gasteiger partial charge in [-0.25, -0.2) is 9.97 Å². The first-order valence-corrected chi connectivity index (χ1v) is 10.7. The van der Waals surface area contributed by atoms with Gasteiger partial charge in [0.25, 0.3) is 0 Å². The van der Waals surface area contributed by atoms with Crippen LogP contribution in [0.5, 0.6) is 6.01 Å². The van der Waals surface area contributed by atoms with Gasteiger partial charge in [0.15, 0.2) is 0 Å². The van der Waals surface area contributed by atoms with Gasteiger partial charge in [-0.05, 0) is 54.2 Å². The van der Waals surface area contributed by atoms with Crippen molar-refractivity contribution < 1.29 is 4.74 Å². The fourth-order valence-corrected chi connectivity index (χ4v) is 3.83. The molecule has 2 heterocycles. The van der Waals surface area contributed by atoms with Crippen LogP contribution in [0.25, 0.3) is 10.9 Å². The number of aryl methyl sites for hydroxylation is 2. The number of fused-ring (bicyclic) bond motifs is 1. The monoisotopic (exact) mass is 411 g/mol. The summed E-state index contributed by atoms with van der Waals surface area (Å²) in [6, 6.07) is 21.4. The molecule has 1 atom stereocenters. The summed E-state index contributed by atoms with van der Waals surface area (Å²) in [4.78, 5) is 13.5. The minimum Gasteiger partial charge on any atom is -0.455 e. The molecule has 2 aromatic heterocycles. The van der Waals surface area contributed by atoms with E-state index >= 15 is 0 Å². The summed E-state index contributed by atoms with van der Waals surface area (Å²) in [6.45, 7) is 10.6. The smallest absolute Gasteiger partial charge is 0.317 e. The van der Waals surface area contributed by atoms with Crippen LogP contribution in [-0.2, 0) is 11.8 Å². The van der Waals surface area contributed by atoms with Crippen molar-refractivity contribution in [3.05, 3.63) is 94.9 Å². The number of aromatic nitrogens is 3. The van der Waals surface area contributed by atoms with Crippen LogP contribution in [0.1, 0.15) is 55.0 Å². The van der Waals surface area contributed by atoms with Crippen molar-refractivity contribution in [2.75, 3.05) is 0 Å². The number of hydrogen-bond acceptors (Lipinski definition) is 4. The summed E-state index contributed by atoms with van der Waals surface area (Å²) in [6.07, 6.45) is 2.36. The zero-order valence-electron chi connectivity index (χ0n) is 18.9. The summed E-state index contributed by atoms with van der Waals surface area (Å²) in [5.41, 5.74) is 6.50. The van der Waals surface area contributed by atoms with E-state index in [1.807, 2.05) is 38.2 Å². The van der Waals surface area contributed by atoms with Crippen LogP contribution in [0, 0.1) is 13.8 Å². The molecular weight excluding hydrogens is 382 g/mol. The van der Waals surface area contributed by atoms with Gasteiger partial charge in [0.05, 0.1) is 5.52 Å². The molecule has 0 spiro atoms. The highest BCUT2D eigenvalue weighted by Gasteiger charge is 2.20. The average Bonchev–Trinajstić information content (AvgIpc) is 2.72. The molecule has 4 rings (SSSR count). The Balaban J connectivity index is 1.73. The molecule has 0 amide bonds. The lowest BCUT2D eigenvalue weighted by Gasteiger charge is -2.22. The van der Waals surface area contributed by atoms with Crippen molar-refractivity contribution in [3.8, 4) is 6.01 Å². The van der Waals surface area contributed by atoms with Crippen LogP contribution < -0.4 is 4.74 Å². The van der Waals surface area contributed by atoms with Gasteiger partial charge < -0.3 is 4.74 Å². The maximum Gasteiger partial charge on any atom is 0.317 e. The van der Waals surface area contributed by atoms with Crippen LogP contribution in [0.2, 0.25) is 0 Å². The van der Waals surface area contributed by atoms with Gasteiger partial charge in [0, 0.05) is 29.4 Å². The Hall–Kier alpha value is -3.27. The highest BCUT2D eigenvalue weighted by molar-refractivity contribution is 5.81. The van der Waals surface area contributed by atoms with E-state index in [0.29, 0.717) is 12.4 Å². The molecule has 0 bridgehead atoms. The van der Waals surface area contributed by atoms with Crippen molar-refractivity contribution in [2.45, 2.75) is 52.6 Å². The first-order valence-electron chi connectivity index (χ1n) is 10.7. The molecule has 158 valence electrons. The topological polar surface area (TPSA) is 47.9 Å². The summed E-state index contributed by atoms with van der Waals surface area (Å²) in [7, 11) is 0. The highest BCUT2D eigenvalue weighted by atomic mass is 16.5. The van der Waals surface area contributed by atoms with E-state index in [2.05, 4.69) is 78.2 Å². The molecule has 0 aliphatic heterocycles. The van der Waals surface area contributed by atoms with E-state index in [1.54, 1.807) is 0 Å². The molecule has 0 aliphatic rings. The molecule has 0 aliphatic carbocycles. The minimum atomic E-state index is -0.207. The summed E-state index contributed by atoms with van der Waals surface area (Å²) >= 11 is 0. The third-order valence-electron chi connectivity index (χ3n) is 5.50. The van der Waals surface area contributed by atoms with Crippen LogP contribution >= 0.6 is 0 Å². The lowest BCUT2D eigenvalue weighted by atomic mass is 9.86. The van der Waals surface area contributed by atoms with Crippen molar-refractivity contribution in [2.24, 2.45) is 0 Å². The molecule has 1 unspecified atom stereocenters. The Morgan fingerprint density at radius 2 is 1.55 bits per heavy atom. The molecule has 0 radical (unpaired) electrons. The standard InChI is InChI=1S/C27H29N3O/c1-18-16-19(2)30-26(29-18)31-25(20-10-12-22(13-11-20)27(3,4)5)17-21-14-15-28-24-9-7-6-8-23(21)24/h6-16,25H,17H2,1-5H3. The highest BCUT2D eigenvalue weighted by Crippen LogP contribution is 2.29. The van der Waals surface area contributed by atoms with E-state index in [-0.39, 0.29) is 11.5 Å². The van der Waals surface area contributed by atoms with Crippen molar-refractivity contribution in [1.82, 2.24) is 15.0 Å². The first-order chi connectivity index (χ1) is 14.8. The second-order valence-electron chi connectivity index (χ2n) is 9.10. The third-order valence-corrected chi connectivity index (χ3v) is 5.50. The van der Waals surface area contributed by atoms with E-state index in [0.717, 1.165) is 27.9 Å². The molecule has 31 heavy (non-hydrogen) atoms. The minimum absolute atomic E-state index is 0.104. The Morgan fingerprint density at radius 3 is 2.23 bits per heavy atom. The zero-order valence-corrected chi connectivity index (χ0v) is 18.9. The third kappa shape index (κ3) is 4.91. The van der Waals surface area contributed by atoms with Crippen LogP contribution in [-0.4, -0.2) is 15.0 Å². The first kappa shape index (κ1) is 21.0. The summed E-state index contributed by atoms with van der Waals surface area (Å²) < 4.78 is 6.40. The Bertz CT molecular complexity index is 1170. The second-order valence-corrected chi connectivity index (χ2v) is 9.10. The number of benzene rings is 2. The van der Waals surface area contributed by atoms with Gasteiger partial charge in [-0.15, -0.1) is 0 Å². The predicted molar refractivity (Wildman–Crippen MR) is 125 cm³/mol. The van der Waals surface area contributed by atoms with Crippen LogP contribution in [0.15, 0.2) is 66.9 Å². The van der Waals surface area contributed by atoms with Gasteiger partial charge in [0.1, 0.15) is 6.10 Å². The number of nitrogens with zero attached hydrogens (tertiary/aromatic N) is 3. The number of rotatable bonds is 5. The van der Waals surface area contributed by atoms with Gasteiger partial charge in [-0.3, -0.25) is 4.98 Å². The SMILES string of the molecule is Cc1cc(C)nc(OC(Cc2ccnc3ccccc23)c2ccc(C(C)(C)C)cc2)n1.